The second kappa shape index (κ2) is 4.99. The van der Waals surface area contributed by atoms with Crippen LogP contribution in [0.4, 0.5) is 23.4 Å². The number of anilines is 1. The van der Waals surface area contributed by atoms with Gasteiger partial charge in [-0.05, 0) is 34.5 Å². The van der Waals surface area contributed by atoms with Crippen LogP contribution >= 0.6 is 15.9 Å². The van der Waals surface area contributed by atoms with Gasteiger partial charge in [-0.3, -0.25) is 0 Å². The minimum Gasteiger partial charge on any atom is -0.364 e. The number of pyridine rings is 1. The molecule has 0 aliphatic heterocycles. The molecule has 1 N–H and O–H groups in total. The molecule has 1 aromatic rings. The molecule has 0 aliphatic carbocycles. The lowest BCUT2D eigenvalue weighted by Crippen LogP contribution is -2.35. The fourth-order valence-corrected chi connectivity index (χ4v) is 1.45. The number of aryl methyl sites for hydroxylation is 1. The van der Waals surface area contributed by atoms with Gasteiger partial charge in [-0.1, -0.05) is 0 Å². The van der Waals surface area contributed by atoms with Crippen molar-refractivity contribution in [2.24, 2.45) is 0 Å². The molecule has 16 heavy (non-hydrogen) atoms. The lowest BCUT2D eigenvalue weighted by Gasteiger charge is -2.16. The summed E-state index contributed by atoms with van der Waals surface area (Å²) >= 11 is 3.15. The van der Waals surface area contributed by atoms with Gasteiger partial charge in [0.15, 0.2) is 0 Å². The van der Waals surface area contributed by atoms with Gasteiger partial charge in [0.05, 0.1) is 6.54 Å². The van der Waals surface area contributed by atoms with Gasteiger partial charge in [-0.15, -0.1) is 0 Å². The molecule has 0 atom stereocenters. The smallest absolute Gasteiger partial charge is 0.324 e. The van der Waals surface area contributed by atoms with Gasteiger partial charge in [0.1, 0.15) is 5.82 Å². The van der Waals surface area contributed by atoms with Crippen molar-refractivity contribution in [1.29, 1.82) is 0 Å². The first-order chi connectivity index (χ1) is 7.33. The summed E-state index contributed by atoms with van der Waals surface area (Å²) in [5, 5.41) is 2.20. The number of nitrogens with zero attached hydrogens (tertiary/aromatic N) is 1. The Morgan fingerprint density at radius 3 is 2.62 bits per heavy atom. The average Bonchev–Trinajstić information content (AvgIpc) is 2.16. The Morgan fingerprint density at radius 1 is 1.50 bits per heavy atom. The number of hydrogen-bond donors (Lipinski definition) is 1. The van der Waals surface area contributed by atoms with Crippen molar-refractivity contribution in [2.75, 3.05) is 11.9 Å². The molecule has 0 aromatic carbocycles. The zero-order valence-corrected chi connectivity index (χ0v) is 9.86. The van der Waals surface area contributed by atoms with Crippen molar-refractivity contribution in [1.82, 2.24) is 4.98 Å². The molecule has 0 amide bonds. The zero-order valence-electron chi connectivity index (χ0n) is 8.28. The molecular formula is C9H9BrF4N2. The summed E-state index contributed by atoms with van der Waals surface area (Å²) in [6, 6.07) is 1.65. The Hall–Kier alpha value is -0.850. The lowest BCUT2D eigenvalue weighted by molar-refractivity contribution is -0.117. The SMILES string of the molecule is Cc1cc(Br)cnc1NCC(F)(F)C(F)F. The molecule has 0 aliphatic rings. The third-order valence-corrected chi connectivity index (χ3v) is 2.29. The molecule has 90 valence electrons. The van der Waals surface area contributed by atoms with Crippen molar-refractivity contribution in [3.8, 4) is 0 Å². The highest BCUT2D eigenvalue weighted by Crippen LogP contribution is 2.24. The number of halogens is 5. The standard InChI is InChI=1S/C9H9BrF4N2/c1-5-2-6(10)3-15-7(5)16-4-9(13,14)8(11)12/h2-3,8H,4H2,1H3,(H,15,16). The quantitative estimate of drug-likeness (QED) is 0.861. The van der Waals surface area contributed by atoms with Gasteiger partial charge >= 0.3 is 12.3 Å². The molecular weight excluding hydrogens is 292 g/mol. The first kappa shape index (κ1) is 13.2. The van der Waals surface area contributed by atoms with Crippen molar-refractivity contribution in [3.05, 3.63) is 22.3 Å². The van der Waals surface area contributed by atoms with Crippen LogP contribution in [0.3, 0.4) is 0 Å². The molecule has 0 fully saturated rings. The van der Waals surface area contributed by atoms with E-state index in [4.69, 9.17) is 0 Å². The second-order valence-electron chi connectivity index (χ2n) is 3.23. The molecule has 2 nitrogen and oxygen atoms in total. The van der Waals surface area contributed by atoms with E-state index in [0.717, 1.165) is 0 Å². The maximum atomic E-state index is 12.6. The van der Waals surface area contributed by atoms with Crippen LogP contribution in [0, 0.1) is 6.92 Å². The highest BCUT2D eigenvalue weighted by Gasteiger charge is 2.40. The lowest BCUT2D eigenvalue weighted by atomic mass is 10.3. The minimum absolute atomic E-state index is 0.170. The number of nitrogens with one attached hydrogen (secondary N) is 1. The van der Waals surface area contributed by atoms with Gasteiger partial charge in [-0.2, -0.15) is 8.78 Å². The van der Waals surface area contributed by atoms with Crippen molar-refractivity contribution >= 4 is 21.7 Å². The number of hydrogen-bond acceptors (Lipinski definition) is 2. The monoisotopic (exact) mass is 300 g/mol. The van der Waals surface area contributed by atoms with Crippen LogP contribution < -0.4 is 5.32 Å². The first-order valence-electron chi connectivity index (χ1n) is 4.35. The van der Waals surface area contributed by atoms with Crippen LogP contribution in [-0.4, -0.2) is 23.9 Å². The molecule has 0 saturated heterocycles. The number of rotatable bonds is 4. The van der Waals surface area contributed by atoms with Gasteiger partial charge in [0, 0.05) is 10.7 Å². The van der Waals surface area contributed by atoms with Crippen LogP contribution in [0.1, 0.15) is 5.56 Å². The summed E-state index contributed by atoms with van der Waals surface area (Å²) in [6.07, 6.45) is -2.29. The Bertz CT molecular complexity index is 371. The fourth-order valence-electron chi connectivity index (χ4n) is 1.00. The fraction of sp³-hybridized carbons (Fsp3) is 0.444. The molecule has 0 spiro atoms. The Kier molecular flexibility index (Phi) is 4.12. The molecule has 1 rings (SSSR count). The van der Waals surface area contributed by atoms with Crippen LogP contribution in [-0.2, 0) is 0 Å². The van der Waals surface area contributed by atoms with E-state index < -0.39 is 18.9 Å². The van der Waals surface area contributed by atoms with Crippen LogP contribution in [0.15, 0.2) is 16.7 Å². The highest BCUT2D eigenvalue weighted by molar-refractivity contribution is 9.10. The summed E-state index contributed by atoms with van der Waals surface area (Å²) in [5.74, 6) is -3.88. The van der Waals surface area contributed by atoms with E-state index >= 15 is 0 Å². The molecule has 0 bridgehead atoms. The van der Waals surface area contributed by atoms with E-state index in [1.807, 2.05) is 0 Å². The van der Waals surface area contributed by atoms with Crippen LogP contribution in [0.5, 0.6) is 0 Å². The van der Waals surface area contributed by atoms with Crippen molar-refractivity contribution < 1.29 is 17.6 Å². The third kappa shape index (κ3) is 3.33. The van der Waals surface area contributed by atoms with Crippen molar-refractivity contribution in [3.63, 3.8) is 0 Å². The minimum atomic E-state index is -4.05. The average molecular weight is 301 g/mol. The topological polar surface area (TPSA) is 24.9 Å². The molecule has 7 heteroatoms. The predicted molar refractivity (Wildman–Crippen MR) is 56.1 cm³/mol. The summed E-state index contributed by atoms with van der Waals surface area (Å²) in [5.41, 5.74) is 0.597. The summed E-state index contributed by atoms with van der Waals surface area (Å²) in [7, 11) is 0. The zero-order chi connectivity index (χ0) is 12.3. The Morgan fingerprint density at radius 2 is 2.12 bits per heavy atom. The molecule has 1 aromatic heterocycles. The summed E-state index contributed by atoms with van der Waals surface area (Å²) in [4.78, 5) is 3.80. The van der Waals surface area contributed by atoms with E-state index in [-0.39, 0.29) is 5.82 Å². The predicted octanol–water partition coefficient (Wildman–Crippen LogP) is 3.46. The second-order valence-corrected chi connectivity index (χ2v) is 4.15. The Labute approximate surface area is 98.2 Å². The van der Waals surface area contributed by atoms with Crippen LogP contribution in [0.2, 0.25) is 0 Å². The van der Waals surface area contributed by atoms with Gasteiger partial charge in [-0.25, -0.2) is 13.8 Å². The molecule has 0 unspecified atom stereocenters. The van der Waals surface area contributed by atoms with Gasteiger partial charge in [0.25, 0.3) is 0 Å². The van der Waals surface area contributed by atoms with Gasteiger partial charge < -0.3 is 5.32 Å². The van der Waals surface area contributed by atoms with E-state index in [1.165, 1.54) is 6.20 Å². The number of aromatic nitrogens is 1. The first-order valence-corrected chi connectivity index (χ1v) is 5.14. The third-order valence-electron chi connectivity index (χ3n) is 1.86. The summed E-state index contributed by atoms with van der Waals surface area (Å²) < 4.78 is 49.6. The maximum Gasteiger partial charge on any atom is 0.324 e. The largest absolute Gasteiger partial charge is 0.364 e. The van der Waals surface area contributed by atoms with E-state index in [9.17, 15) is 17.6 Å². The van der Waals surface area contributed by atoms with Crippen molar-refractivity contribution in [2.45, 2.75) is 19.3 Å². The maximum absolute atomic E-state index is 12.6. The molecule has 1 heterocycles. The van der Waals surface area contributed by atoms with Crippen LogP contribution in [0.25, 0.3) is 0 Å². The molecule has 0 saturated carbocycles. The summed E-state index contributed by atoms with van der Waals surface area (Å²) in [6.45, 7) is 0.501. The van der Waals surface area contributed by atoms with Gasteiger partial charge in [0.2, 0.25) is 0 Å². The Balaban J connectivity index is 2.68. The van der Waals surface area contributed by atoms with E-state index in [2.05, 4.69) is 26.2 Å². The van der Waals surface area contributed by atoms with E-state index in [0.29, 0.717) is 10.0 Å². The number of alkyl halides is 4. The highest BCUT2D eigenvalue weighted by atomic mass is 79.9. The van der Waals surface area contributed by atoms with E-state index in [1.54, 1.807) is 13.0 Å². The molecule has 0 radical (unpaired) electrons. The normalized spacial score (nSPS) is 11.9.